The van der Waals surface area contributed by atoms with E-state index in [4.69, 9.17) is 4.74 Å². The molecule has 2 aromatic rings. The Morgan fingerprint density at radius 3 is 2.32 bits per heavy atom. The molecule has 0 bridgehead atoms. The standard InChI is InChI=1S/C18H21FN2O3S/c19-16-6-8-17(9-7-16)25(22,23)20-14-18(15-4-2-1-3-5-15)21-10-12-24-13-11-21/h1-9,18,20H,10-14H2. The fourth-order valence-electron chi connectivity index (χ4n) is 2.91. The summed E-state index contributed by atoms with van der Waals surface area (Å²) in [5.41, 5.74) is 1.05. The maximum atomic E-state index is 13.0. The van der Waals surface area contributed by atoms with Crippen LogP contribution in [0.3, 0.4) is 0 Å². The lowest BCUT2D eigenvalue weighted by Gasteiger charge is -2.34. The van der Waals surface area contributed by atoms with Gasteiger partial charge >= 0.3 is 0 Å². The fourth-order valence-corrected chi connectivity index (χ4v) is 3.95. The predicted molar refractivity (Wildman–Crippen MR) is 93.2 cm³/mol. The number of halogens is 1. The van der Waals surface area contributed by atoms with Crippen molar-refractivity contribution in [2.75, 3.05) is 32.8 Å². The third-order valence-electron chi connectivity index (χ3n) is 4.26. The van der Waals surface area contributed by atoms with E-state index in [1.165, 1.54) is 12.1 Å². The lowest BCUT2D eigenvalue weighted by Crippen LogP contribution is -2.43. The van der Waals surface area contributed by atoms with Gasteiger partial charge in [-0.25, -0.2) is 17.5 Å². The van der Waals surface area contributed by atoms with Crippen LogP contribution in [0.2, 0.25) is 0 Å². The summed E-state index contributed by atoms with van der Waals surface area (Å²) in [6.45, 7) is 3.00. The molecule has 0 aromatic heterocycles. The zero-order valence-electron chi connectivity index (χ0n) is 13.8. The molecule has 7 heteroatoms. The van der Waals surface area contributed by atoms with Gasteiger partial charge in [-0.05, 0) is 29.8 Å². The average molecular weight is 364 g/mol. The topological polar surface area (TPSA) is 58.6 Å². The summed E-state index contributed by atoms with van der Waals surface area (Å²) < 4.78 is 46.0. The molecule has 0 radical (unpaired) electrons. The number of rotatable bonds is 6. The molecular weight excluding hydrogens is 343 g/mol. The van der Waals surface area contributed by atoms with E-state index in [2.05, 4.69) is 9.62 Å². The summed E-state index contributed by atoms with van der Waals surface area (Å²) in [7, 11) is -3.69. The van der Waals surface area contributed by atoms with E-state index in [1.54, 1.807) is 0 Å². The minimum Gasteiger partial charge on any atom is -0.379 e. The molecule has 0 spiro atoms. The number of morpholine rings is 1. The van der Waals surface area contributed by atoms with Gasteiger partial charge in [0.2, 0.25) is 10.0 Å². The normalized spacial score (nSPS) is 17.3. The quantitative estimate of drug-likeness (QED) is 0.854. The first kappa shape index (κ1) is 18.0. The largest absolute Gasteiger partial charge is 0.379 e. The van der Waals surface area contributed by atoms with Gasteiger partial charge in [-0.3, -0.25) is 4.90 Å². The Morgan fingerprint density at radius 1 is 1.04 bits per heavy atom. The van der Waals surface area contributed by atoms with E-state index >= 15 is 0 Å². The highest BCUT2D eigenvalue weighted by atomic mass is 32.2. The molecule has 1 atom stereocenters. The minimum atomic E-state index is -3.69. The van der Waals surface area contributed by atoms with Crippen molar-refractivity contribution < 1.29 is 17.5 Å². The Labute approximate surface area is 147 Å². The van der Waals surface area contributed by atoms with Crippen molar-refractivity contribution >= 4 is 10.0 Å². The summed E-state index contributed by atoms with van der Waals surface area (Å²) in [6, 6.07) is 14.5. The van der Waals surface area contributed by atoms with E-state index < -0.39 is 15.8 Å². The van der Waals surface area contributed by atoms with E-state index in [9.17, 15) is 12.8 Å². The molecule has 25 heavy (non-hydrogen) atoms. The molecule has 1 aliphatic heterocycles. The van der Waals surface area contributed by atoms with Gasteiger partial charge in [-0.15, -0.1) is 0 Å². The minimum absolute atomic E-state index is 0.0580. The van der Waals surface area contributed by atoms with Crippen LogP contribution in [-0.4, -0.2) is 46.2 Å². The molecule has 1 heterocycles. The SMILES string of the molecule is O=S(=O)(NCC(c1ccccc1)N1CCOCC1)c1ccc(F)cc1. The molecule has 1 aliphatic rings. The Balaban J connectivity index is 1.77. The molecule has 5 nitrogen and oxygen atoms in total. The zero-order valence-corrected chi connectivity index (χ0v) is 14.6. The lowest BCUT2D eigenvalue weighted by molar-refractivity contribution is 0.0172. The number of ether oxygens (including phenoxy) is 1. The zero-order chi connectivity index (χ0) is 17.7. The summed E-state index contributed by atoms with van der Waals surface area (Å²) >= 11 is 0. The van der Waals surface area contributed by atoms with Crippen molar-refractivity contribution in [3.63, 3.8) is 0 Å². The van der Waals surface area contributed by atoms with Crippen molar-refractivity contribution in [2.24, 2.45) is 0 Å². The van der Waals surface area contributed by atoms with Gasteiger partial charge in [-0.2, -0.15) is 0 Å². The first-order valence-corrected chi connectivity index (χ1v) is 9.66. The first-order chi connectivity index (χ1) is 12.1. The molecule has 0 amide bonds. The van der Waals surface area contributed by atoms with Crippen LogP contribution in [0, 0.1) is 5.82 Å². The van der Waals surface area contributed by atoms with Gasteiger partial charge in [0.05, 0.1) is 18.1 Å². The number of benzene rings is 2. The molecule has 1 fully saturated rings. The summed E-state index contributed by atoms with van der Waals surface area (Å²) in [6.07, 6.45) is 0. The molecule has 1 N–H and O–H groups in total. The van der Waals surface area contributed by atoms with Crippen molar-refractivity contribution in [3.05, 3.63) is 66.0 Å². The number of hydrogen-bond donors (Lipinski definition) is 1. The monoisotopic (exact) mass is 364 g/mol. The molecule has 134 valence electrons. The summed E-state index contributed by atoms with van der Waals surface area (Å²) in [5, 5.41) is 0. The van der Waals surface area contributed by atoms with Crippen LogP contribution in [-0.2, 0) is 14.8 Å². The average Bonchev–Trinajstić information content (AvgIpc) is 2.64. The Kier molecular flexibility index (Phi) is 5.80. The van der Waals surface area contributed by atoms with E-state index in [0.29, 0.717) is 13.2 Å². The van der Waals surface area contributed by atoms with Crippen LogP contribution in [0.1, 0.15) is 11.6 Å². The number of sulfonamides is 1. The Hall–Kier alpha value is -1.80. The number of hydrogen-bond acceptors (Lipinski definition) is 4. The lowest BCUT2D eigenvalue weighted by atomic mass is 10.1. The molecule has 1 unspecified atom stereocenters. The van der Waals surface area contributed by atoms with E-state index in [1.807, 2.05) is 30.3 Å². The molecule has 0 saturated carbocycles. The van der Waals surface area contributed by atoms with Crippen molar-refractivity contribution in [3.8, 4) is 0 Å². The van der Waals surface area contributed by atoms with E-state index in [-0.39, 0.29) is 17.5 Å². The van der Waals surface area contributed by atoms with Crippen molar-refractivity contribution in [1.82, 2.24) is 9.62 Å². The summed E-state index contributed by atoms with van der Waals surface area (Å²) in [5.74, 6) is -0.463. The van der Waals surface area contributed by atoms with Gasteiger partial charge in [0.25, 0.3) is 0 Å². The maximum Gasteiger partial charge on any atom is 0.240 e. The second-order valence-electron chi connectivity index (χ2n) is 5.88. The third kappa shape index (κ3) is 4.64. The van der Waals surface area contributed by atoms with Crippen molar-refractivity contribution in [1.29, 1.82) is 0 Å². The Morgan fingerprint density at radius 2 is 1.68 bits per heavy atom. The molecule has 1 saturated heterocycles. The van der Waals surface area contributed by atoms with Gasteiger partial charge in [0.15, 0.2) is 0 Å². The van der Waals surface area contributed by atoms with Crippen LogP contribution in [0.15, 0.2) is 59.5 Å². The van der Waals surface area contributed by atoms with Gasteiger partial charge < -0.3 is 4.74 Å². The second-order valence-corrected chi connectivity index (χ2v) is 7.65. The van der Waals surface area contributed by atoms with Crippen LogP contribution < -0.4 is 4.72 Å². The molecule has 0 aliphatic carbocycles. The van der Waals surface area contributed by atoms with Crippen LogP contribution in [0.5, 0.6) is 0 Å². The highest BCUT2D eigenvalue weighted by molar-refractivity contribution is 7.89. The number of nitrogens with one attached hydrogen (secondary N) is 1. The first-order valence-electron chi connectivity index (χ1n) is 8.18. The van der Waals surface area contributed by atoms with Crippen LogP contribution >= 0.6 is 0 Å². The molecule has 2 aromatic carbocycles. The summed E-state index contributed by atoms with van der Waals surface area (Å²) in [4.78, 5) is 2.27. The maximum absolute atomic E-state index is 13.0. The van der Waals surface area contributed by atoms with Crippen LogP contribution in [0.4, 0.5) is 4.39 Å². The van der Waals surface area contributed by atoms with Crippen molar-refractivity contribution in [2.45, 2.75) is 10.9 Å². The van der Waals surface area contributed by atoms with Gasteiger partial charge in [0, 0.05) is 25.7 Å². The number of nitrogens with zero attached hydrogens (tertiary/aromatic N) is 1. The van der Waals surface area contributed by atoms with Gasteiger partial charge in [0.1, 0.15) is 5.82 Å². The van der Waals surface area contributed by atoms with Gasteiger partial charge in [-0.1, -0.05) is 30.3 Å². The smallest absolute Gasteiger partial charge is 0.240 e. The predicted octanol–water partition coefficient (Wildman–Crippen LogP) is 2.18. The molecule has 3 rings (SSSR count). The highest BCUT2D eigenvalue weighted by Gasteiger charge is 2.25. The highest BCUT2D eigenvalue weighted by Crippen LogP contribution is 2.22. The van der Waals surface area contributed by atoms with E-state index in [0.717, 1.165) is 30.8 Å². The fraction of sp³-hybridized carbons (Fsp3) is 0.333. The third-order valence-corrected chi connectivity index (χ3v) is 5.70. The van der Waals surface area contributed by atoms with Crippen LogP contribution in [0.25, 0.3) is 0 Å². The Bertz CT molecular complexity index is 776. The molecular formula is C18H21FN2O3S. The second kappa shape index (κ2) is 8.05.